The SMILES string of the molecule is Cn1c(NCc2cc(F)cc(F)c2)cc(=O)n(C)c1=O. The van der Waals surface area contributed by atoms with Gasteiger partial charge in [0, 0.05) is 32.8 Å². The van der Waals surface area contributed by atoms with Gasteiger partial charge in [-0.2, -0.15) is 0 Å². The molecule has 0 atom stereocenters. The number of rotatable bonds is 3. The van der Waals surface area contributed by atoms with Gasteiger partial charge in [-0.25, -0.2) is 13.6 Å². The molecule has 0 saturated heterocycles. The van der Waals surface area contributed by atoms with E-state index >= 15 is 0 Å². The van der Waals surface area contributed by atoms with Crippen molar-refractivity contribution in [2.45, 2.75) is 6.54 Å². The first kappa shape index (κ1) is 14.0. The maximum Gasteiger partial charge on any atom is 0.332 e. The van der Waals surface area contributed by atoms with Crippen molar-refractivity contribution in [3.05, 3.63) is 62.3 Å². The average Bonchev–Trinajstić information content (AvgIpc) is 2.38. The van der Waals surface area contributed by atoms with Crippen LogP contribution in [0.2, 0.25) is 0 Å². The van der Waals surface area contributed by atoms with Crippen LogP contribution in [0.15, 0.2) is 33.9 Å². The summed E-state index contributed by atoms with van der Waals surface area (Å²) in [4.78, 5) is 23.2. The van der Waals surface area contributed by atoms with Crippen molar-refractivity contribution in [3.8, 4) is 0 Å². The summed E-state index contributed by atoms with van der Waals surface area (Å²) < 4.78 is 28.3. The lowest BCUT2D eigenvalue weighted by Crippen LogP contribution is -2.37. The van der Waals surface area contributed by atoms with Gasteiger partial charge >= 0.3 is 5.69 Å². The Morgan fingerprint density at radius 2 is 1.60 bits per heavy atom. The fraction of sp³-hybridized carbons (Fsp3) is 0.231. The molecule has 5 nitrogen and oxygen atoms in total. The van der Waals surface area contributed by atoms with Crippen LogP contribution in [0.1, 0.15) is 5.56 Å². The molecule has 20 heavy (non-hydrogen) atoms. The third-order valence-electron chi connectivity index (χ3n) is 2.92. The van der Waals surface area contributed by atoms with E-state index in [1.54, 1.807) is 0 Å². The minimum Gasteiger partial charge on any atom is -0.367 e. The van der Waals surface area contributed by atoms with Gasteiger partial charge in [-0.05, 0) is 17.7 Å². The summed E-state index contributed by atoms with van der Waals surface area (Å²) >= 11 is 0. The lowest BCUT2D eigenvalue weighted by atomic mass is 10.2. The lowest BCUT2D eigenvalue weighted by molar-refractivity contribution is 0.580. The van der Waals surface area contributed by atoms with Crippen molar-refractivity contribution >= 4 is 5.82 Å². The van der Waals surface area contributed by atoms with E-state index in [1.807, 2.05) is 0 Å². The Hall–Kier alpha value is -2.44. The Bertz CT molecular complexity index is 745. The smallest absolute Gasteiger partial charge is 0.332 e. The van der Waals surface area contributed by atoms with Crippen LogP contribution < -0.4 is 16.6 Å². The van der Waals surface area contributed by atoms with E-state index in [-0.39, 0.29) is 12.4 Å². The standard InChI is InChI=1S/C13H13F2N3O2/c1-17-11(6-12(19)18(2)13(17)20)16-7-8-3-9(14)5-10(15)4-8/h3-6,16H,7H2,1-2H3. The summed E-state index contributed by atoms with van der Waals surface area (Å²) in [5.41, 5.74) is -0.568. The molecule has 0 bridgehead atoms. The van der Waals surface area contributed by atoms with Crippen LogP contribution in [0.4, 0.5) is 14.6 Å². The van der Waals surface area contributed by atoms with Crippen molar-refractivity contribution in [1.29, 1.82) is 0 Å². The van der Waals surface area contributed by atoms with Gasteiger partial charge in [0.2, 0.25) is 0 Å². The highest BCUT2D eigenvalue weighted by atomic mass is 19.1. The Kier molecular flexibility index (Phi) is 3.69. The highest BCUT2D eigenvalue weighted by Gasteiger charge is 2.06. The molecule has 0 spiro atoms. The quantitative estimate of drug-likeness (QED) is 0.912. The van der Waals surface area contributed by atoms with Crippen LogP contribution in [-0.4, -0.2) is 9.13 Å². The second-order valence-electron chi connectivity index (χ2n) is 4.40. The second kappa shape index (κ2) is 5.28. The molecule has 2 rings (SSSR count). The van der Waals surface area contributed by atoms with Crippen LogP contribution in [0.5, 0.6) is 0 Å². The van der Waals surface area contributed by atoms with E-state index < -0.39 is 22.9 Å². The Labute approximate surface area is 113 Å². The second-order valence-corrected chi connectivity index (χ2v) is 4.40. The molecule has 1 heterocycles. The topological polar surface area (TPSA) is 56.0 Å². The number of nitrogens with zero attached hydrogens (tertiary/aromatic N) is 2. The van der Waals surface area contributed by atoms with Crippen molar-refractivity contribution < 1.29 is 8.78 Å². The molecule has 0 radical (unpaired) electrons. The van der Waals surface area contributed by atoms with Crippen LogP contribution in [-0.2, 0) is 20.6 Å². The molecule has 1 aromatic carbocycles. The largest absolute Gasteiger partial charge is 0.367 e. The van der Waals surface area contributed by atoms with E-state index in [9.17, 15) is 18.4 Å². The number of hydrogen-bond acceptors (Lipinski definition) is 3. The number of halogens is 2. The highest BCUT2D eigenvalue weighted by Crippen LogP contribution is 2.10. The zero-order valence-corrected chi connectivity index (χ0v) is 11.0. The molecule has 0 aliphatic heterocycles. The summed E-state index contributed by atoms with van der Waals surface area (Å²) in [6.07, 6.45) is 0. The molecular weight excluding hydrogens is 268 g/mol. The predicted molar refractivity (Wildman–Crippen MR) is 70.6 cm³/mol. The Morgan fingerprint density at radius 1 is 1.00 bits per heavy atom. The van der Waals surface area contributed by atoms with Gasteiger partial charge in [-0.15, -0.1) is 0 Å². The number of benzene rings is 1. The fourth-order valence-electron chi connectivity index (χ4n) is 1.81. The first-order valence-electron chi connectivity index (χ1n) is 5.84. The summed E-state index contributed by atoms with van der Waals surface area (Å²) in [7, 11) is 2.87. The van der Waals surface area contributed by atoms with Gasteiger partial charge in [0.15, 0.2) is 0 Å². The van der Waals surface area contributed by atoms with E-state index in [1.165, 1.54) is 36.9 Å². The molecule has 0 fully saturated rings. The monoisotopic (exact) mass is 281 g/mol. The van der Waals surface area contributed by atoms with Crippen LogP contribution in [0.25, 0.3) is 0 Å². The van der Waals surface area contributed by atoms with Gasteiger partial charge in [-0.1, -0.05) is 0 Å². The molecule has 2 aromatic rings. The molecule has 0 aliphatic rings. The van der Waals surface area contributed by atoms with Gasteiger partial charge in [-0.3, -0.25) is 13.9 Å². The lowest BCUT2D eigenvalue weighted by Gasteiger charge is -2.11. The van der Waals surface area contributed by atoms with Gasteiger partial charge in [0.1, 0.15) is 17.5 Å². The molecule has 0 unspecified atom stereocenters. The summed E-state index contributed by atoms with van der Waals surface area (Å²) in [5.74, 6) is -1.08. The minimum atomic E-state index is -0.681. The van der Waals surface area contributed by atoms with E-state index in [0.717, 1.165) is 10.6 Å². The maximum absolute atomic E-state index is 13.0. The van der Waals surface area contributed by atoms with Gasteiger partial charge in [0.05, 0.1) is 0 Å². The highest BCUT2D eigenvalue weighted by molar-refractivity contribution is 5.35. The average molecular weight is 281 g/mol. The minimum absolute atomic E-state index is 0.0924. The number of anilines is 1. The van der Waals surface area contributed by atoms with Crippen LogP contribution in [0.3, 0.4) is 0 Å². The third kappa shape index (κ3) is 2.76. The molecule has 106 valence electrons. The zero-order valence-electron chi connectivity index (χ0n) is 11.0. The molecule has 7 heteroatoms. The zero-order chi connectivity index (χ0) is 14.9. The van der Waals surface area contributed by atoms with Crippen molar-refractivity contribution in [2.24, 2.45) is 14.1 Å². The normalized spacial score (nSPS) is 10.6. The maximum atomic E-state index is 13.0. The van der Waals surface area contributed by atoms with E-state index in [2.05, 4.69) is 5.32 Å². The van der Waals surface area contributed by atoms with Crippen molar-refractivity contribution in [2.75, 3.05) is 5.32 Å². The molecule has 0 saturated carbocycles. The first-order valence-corrected chi connectivity index (χ1v) is 5.84. The number of aromatic nitrogens is 2. The van der Waals surface area contributed by atoms with Crippen molar-refractivity contribution in [1.82, 2.24) is 9.13 Å². The van der Waals surface area contributed by atoms with Gasteiger partial charge in [0.25, 0.3) is 5.56 Å². The van der Waals surface area contributed by atoms with E-state index in [4.69, 9.17) is 0 Å². The van der Waals surface area contributed by atoms with Crippen LogP contribution >= 0.6 is 0 Å². The molecule has 1 N–H and O–H groups in total. The molecule has 0 aliphatic carbocycles. The number of hydrogen-bond donors (Lipinski definition) is 1. The first-order chi connectivity index (χ1) is 9.38. The number of nitrogens with one attached hydrogen (secondary N) is 1. The van der Waals surface area contributed by atoms with E-state index in [0.29, 0.717) is 5.56 Å². The Morgan fingerprint density at radius 3 is 2.20 bits per heavy atom. The molecular formula is C13H13F2N3O2. The summed E-state index contributed by atoms with van der Waals surface area (Å²) in [6, 6.07) is 4.37. The molecule has 1 aromatic heterocycles. The van der Waals surface area contributed by atoms with Crippen LogP contribution in [0, 0.1) is 11.6 Å². The molecule has 0 amide bonds. The third-order valence-corrected chi connectivity index (χ3v) is 2.92. The Balaban J connectivity index is 2.28. The van der Waals surface area contributed by atoms with Gasteiger partial charge < -0.3 is 5.32 Å². The fourth-order valence-corrected chi connectivity index (χ4v) is 1.81. The summed E-state index contributed by atoms with van der Waals surface area (Å²) in [5, 5.41) is 2.81. The van der Waals surface area contributed by atoms with Crippen molar-refractivity contribution in [3.63, 3.8) is 0 Å². The predicted octanol–water partition coefficient (Wildman–Crippen LogP) is 0.974. The summed E-state index contributed by atoms with van der Waals surface area (Å²) in [6.45, 7) is 0.0924.